The summed E-state index contributed by atoms with van der Waals surface area (Å²) in [7, 11) is 1.69. The van der Waals surface area contributed by atoms with Crippen LogP contribution in [0.5, 0.6) is 5.75 Å². The lowest BCUT2D eigenvalue weighted by atomic mass is 9.49. The Hall–Kier alpha value is -1.85. The molecule has 3 aliphatic carbocycles. The molecule has 0 saturated heterocycles. The van der Waals surface area contributed by atoms with E-state index in [9.17, 15) is 5.11 Å². The van der Waals surface area contributed by atoms with Gasteiger partial charge in [0, 0.05) is 12.8 Å². The number of aromatic nitrogens is 2. The van der Waals surface area contributed by atoms with E-state index in [4.69, 9.17) is 15.6 Å². The van der Waals surface area contributed by atoms with E-state index in [0.717, 1.165) is 48.4 Å². The standard InChI is InChI=1S/C28H41N3O2/c1-18-5-10-24-23(15-29)25(11-12-27(18,24)2)28(3)14-19-16-31(30-26(19)13-20(28)17-32)21-6-8-22(33-4)9-7-21/h6-9,16,18,20,23-25,32H,5,10-15,17,29H2,1-4H3/t18-,20+,23-,24-,25-,27+,28-/m0/s1. The molecule has 0 unspecified atom stereocenters. The van der Waals surface area contributed by atoms with Crippen molar-refractivity contribution >= 4 is 0 Å². The minimum absolute atomic E-state index is 0.0483. The fourth-order valence-corrected chi connectivity index (χ4v) is 8.06. The molecule has 1 aromatic heterocycles. The van der Waals surface area contributed by atoms with E-state index < -0.39 is 0 Å². The van der Waals surface area contributed by atoms with Crippen LogP contribution >= 0.6 is 0 Å². The van der Waals surface area contributed by atoms with Crippen molar-refractivity contribution in [1.82, 2.24) is 9.78 Å². The summed E-state index contributed by atoms with van der Waals surface area (Å²) >= 11 is 0. The Morgan fingerprint density at radius 2 is 1.85 bits per heavy atom. The average Bonchev–Trinajstić information content (AvgIpc) is 3.37. The van der Waals surface area contributed by atoms with E-state index in [1.807, 2.05) is 28.9 Å². The van der Waals surface area contributed by atoms with Gasteiger partial charge in [-0.05, 0) is 115 Å². The van der Waals surface area contributed by atoms with Gasteiger partial charge in [0.05, 0.1) is 18.5 Å². The Morgan fingerprint density at radius 3 is 2.52 bits per heavy atom. The first kappa shape index (κ1) is 22.9. The molecule has 2 fully saturated rings. The third kappa shape index (κ3) is 3.54. The number of fused-ring (bicyclic) bond motifs is 2. The Morgan fingerprint density at radius 1 is 1.12 bits per heavy atom. The molecule has 3 aliphatic rings. The first-order valence-corrected chi connectivity index (χ1v) is 12.9. The summed E-state index contributed by atoms with van der Waals surface area (Å²) in [5.41, 5.74) is 10.5. The minimum atomic E-state index is 0.0483. The van der Waals surface area contributed by atoms with E-state index >= 15 is 0 Å². The van der Waals surface area contributed by atoms with Crippen molar-refractivity contribution in [2.45, 2.75) is 59.3 Å². The molecular weight excluding hydrogens is 410 g/mol. The quantitative estimate of drug-likeness (QED) is 0.695. The summed E-state index contributed by atoms with van der Waals surface area (Å²) in [5.74, 6) is 3.69. The summed E-state index contributed by atoms with van der Waals surface area (Å²) in [4.78, 5) is 0. The van der Waals surface area contributed by atoms with Gasteiger partial charge in [-0.25, -0.2) is 4.68 Å². The molecule has 5 heteroatoms. The van der Waals surface area contributed by atoms with Crippen LogP contribution in [0.4, 0.5) is 0 Å². The van der Waals surface area contributed by atoms with Gasteiger partial charge in [0.25, 0.3) is 0 Å². The van der Waals surface area contributed by atoms with Gasteiger partial charge in [-0.1, -0.05) is 20.8 Å². The van der Waals surface area contributed by atoms with E-state index in [1.165, 1.54) is 31.2 Å². The molecule has 0 amide bonds. The highest BCUT2D eigenvalue weighted by molar-refractivity contribution is 5.39. The van der Waals surface area contributed by atoms with E-state index in [0.29, 0.717) is 17.3 Å². The number of methoxy groups -OCH3 is 1. The predicted octanol–water partition coefficient (Wildman–Crippen LogP) is 4.63. The Labute approximate surface area is 198 Å². The molecule has 2 saturated carbocycles. The molecular formula is C28H41N3O2. The summed E-state index contributed by atoms with van der Waals surface area (Å²) in [6.45, 7) is 8.40. The highest BCUT2D eigenvalue weighted by Crippen LogP contribution is 2.63. The van der Waals surface area contributed by atoms with Gasteiger partial charge in [-0.3, -0.25) is 0 Å². The summed E-state index contributed by atoms with van der Waals surface area (Å²) in [6.07, 6.45) is 9.21. The van der Waals surface area contributed by atoms with Crippen LogP contribution in [0.2, 0.25) is 0 Å². The van der Waals surface area contributed by atoms with Crippen molar-refractivity contribution in [3.8, 4) is 11.4 Å². The van der Waals surface area contributed by atoms with E-state index in [1.54, 1.807) is 7.11 Å². The molecule has 1 aromatic carbocycles. The highest BCUT2D eigenvalue weighted by Gasteiger charge is 2.57. The molecule has 5 nitrogen and oxygen atoms in total. The number of rotatable bonds is 5. The van der Waals surface area contributed by atoms with Crippen LogP contribution in [0.1, 0.15) is 57.7 Å². The second kappa shape index (κ2) is 8.42. The molecule has 2 aromatic rings. The van der Waals surface area contributed by atoms with Gasteiger partial charge in [0.1, 0.15) is 5.75 Å². The number of aliphatic hydroxyl groups is 1. The number of nitrogens with zero attached hydrogens (tertiary/aromatic N) is 2. The molecule has 1 heterocycles. The highest BCUT2D eigenvalue weighted by atomic mass is 16.5. The number of aliphatic hydroxyl groups excluding tert-OH is 1. The number of hydrogen-bond donors (Lipinski definition) is 2. The maximum absolute atomic E-state index is 10.5. The van der Waals surface area contributed by atoms with Crippen LogP contribution in [0.3, 0.4) is 0 Å². The monoisotopic (exact) mass is 451 g/mol. The zero-order valence-corrected chi connectivity index (χ0v) is 20.8. The maximum atomic E-state index is 10.5. The van der Waals surface area contributed by atoms with Crippen molar-refractivity contribution < 1.29 is 9.84 Å². The van der Waals surface area contributed by atoms with Crippen LogP contribution in [0.15, 0.2) is 30.5 Å². The topological polar surface area (TPSA) is 73.3 Å². The predicted molar refractivity (Wildman–Crippen MR) is 131 cm³/mol. The molecule has 5 rings (SSSR count). The molecule has 180 valence electrons. The van der Waals surface area contributed by atoms with Crippen molar-refractivity contribution in [3.63, 3.8) is 0 Å². The lowest BCUT2D eigenvalue weighted by molar-refractivity contribution is -0.0689. The van der Waals surface area contributed by atoms with Crippen LogP contribution in [-0.2, 0) is 12.8 Å². The number of hydrogen-bond acceptors (Lipinski definition) is 4. The zero-order chi connectivity index (χ0) is 23.4. The van der Waals surface area contributed by atoms with Gasteiger partial charge >= 0.3 is 0 Å². The first-order valence-electron chi connectivity index (χ1n) is 12.9. The van der Waals surface area contributed by atoms with Crippen LogP contribution in [0, 0.1) is 40.4 Å². The molecule has 3 N–H and O–H groups in total. The number of nitrogens with two attached hydrogens (primary N) is 1. The molecule has 7 atom stereocenters. The fourth-order valence-electron chi connectivity index (χ4n) is 8.06. The minimum Gasteiger partial charge on any atom is -0.497 e. The van der Waals surface area contributed by atoms with Gasteiger partial charge < -0.3 is 15.6 Å². The maximum Gasteiger partial charge on any atom is 0.119 e. The van der Waals surface area contributed by atoms with Gasteiger partial charge in [0.15, 0.2) is 0 Å². The first-order chi connectivity index (χ1) is 15.8. The fraction of sp³-hybridized carbons (Fsp3) is 0.679. The third-order valence-corrected chi connectivity index (χ3v) is 10.4. The van der Waals surface area contributed by atoms with Crippen molar-refractivity contribution in [1.29, 1.82) is 0 Å². The SMILES string of the molecule is COc1ccc(-n2cc3c(n2)C[C@H](CO)[C@@](C)([C@H]2CC[C@]4(C)[C@@H](C)CC[C@H]4[C@@H]2CN)C3)cc1. The Kier molecular flexibility index (Phi) is 5.85. The van der Waals surface area contributed by atoms with Gasteiger partial charge in [-0.2, -0.15) is 5.10 Å². The molecule has 0 spiro atoms. The molecule has 0 radical (unpaired) electrons. The van der Waals surface area contributed by atoms with Crippen LogP contribution in [-0.4, -0.2) is 35.1 Å². The van der Waals surface area contributed by atoms with Crippen molar-refractivity contribution in [3.05, 3.63) is 41.7 Å². The van der Waals surface area contributed by atoms with E-state index in [-0.39, 0.29) is 17.9 Å². The number of benzene rings is 1. The Bertz CT molecular complexity index is 986. The smallest absolute Gasteiger partial charge is 0.119 e. The van der Waals surface area contributed by atoms with Crippen molar-refractivity contribution in [2.75, 3.05) is 20.3 Å². The summed E-state index contributed by atoms with van der Waals surface area (Å²) < 4.78 is 7.31. The van der Waals surface area contributed by atoms with Crippen molar-refractivity contribution in [2.24, 2.45) is 46.2 Å². The third-order valence-electron chi connectivity index (χ3n) is 10.4. The summed E-state index contributed by atoms with van der Waals surface area (Å²) in [5, 5.41) is 15.5. The lowest BCUT2D eigenvalue weighted by Gasteiger charge is -2.56. The molecule has 0 bridgehead atoms. The zero-order valence-electron chi connectivity index (χ0n) is 20.8. The average molecular weight is 452 g/mol. The van der Waals surface area contributed by atoms with Gasteiger partial charge in [0.2, 0.25) is 0 Å². The normalized spacial score (nSPS) is 38.1. The molecule has 33 heavy (non-hydrogen) atoms. The Balaban J connectivity index is 1.46. The molecule has 0 aliphatic heterocycles. The van der Waals surface area contributed by atoms with Crippen LogP contribution in [0.25, 0.3) is 5.69 Å². The second-order valence-electron chi connectivity index (χ2n) is 11.6. The second-order valence-corrected chi connectivity index (χ2v) is 11.6. The lowest BCUT2D eigenvalue weighted by Crippen LogP contribution is -2.53. The number of ether oxygens (including phenoxy) is 1. The van der Waals surface area contributed by atoms with E-state index in [2.05, 4.69) is 27.0 Å². The summed E-state index contributed by atoms with van der Waals surface area (Å²) in [6, 6.07) is 8.05. The van der Waals surface area contributed by atoms with Crippen LogP contribution < -0.4 is 10.5 Å². The van der Waals surface area contributed by atoms with Gasteiger partial charge in [-0.15, -0.1) is 0 Å². The largest absolute Gasteiger partial charge is 0.497 e.